The molecule has 2 aromatic heterocycles. The van der Waals surface area contributed by atoms with Gasteiger partial charge in [-0.2, -0.15) is 0 Å². The van der Waals surface area contributed by atoms with Gasteiger partial charge in [-0.1, -0.05) is 36.9 Å². The number of imidazole rings is 1. The van der Waals surface area contributed by atoms with Crippen molar-refractivity contribution in [3.05, 3.63) is 84.1 Å². The third-order valence-electron chi connectivity index (χ3n) is 6.41. The van der Waals surface area contributed by atoms with Gasteiger partial charge in [-0.05, 0) is 31.1 Å². The van der Waals surface area contributed by atoms with Crippen molar-refractivity contribution in [1.82, 2.24) is 19.4 Å². The molecular weight excluding hydrogens is 398 g/mol. The predicted molar refractivity (Wildman–Crippen MR) is 129 cm³/mol. The normalized spacial score (nSPS) is 18.0. The van der Waals surface area contributed by atoms with Gasteiger partial charge in [0.1, 0.15) is 17.2 Å². The maximum Gasteiger partial charge on any atom is 0.143 e. The van der Waals surface area contributed by atoms with E-state index in [4.69, 9.17) is 14.7 Å². The largest absolute Gasteiger partial charge is 0.378 e. The van der Waals surface area contributed by atoms with E-state index in [1.54, 1.807) is 0 Å². The minimum atomic E-state index is 0.112. The van der Waals surface area contributed by atoms with Gasteiger partial charge >= 0.3 is 0 Å². The van der Waals surface area contributed by atoms with Crippen molar-refractivity contribution in [3.8, 4) is 0 Å². The van der Waals surface area contributed by atoms with Crippen LogP contribution in [-0.2, 0) is 4.74 Å². The lowest BCUT2D eigenvalue weighted by Crippen LogP contribution is -2.36. The van der Waals surface area contributed by atoms with Gasteiger partial charge in [0.25, 0.3) is 0 Å². The fourth-order valence-electron chi connectivity index (χ4n) is 4.47. The molecule has 1 fully saturated rings. The molecule has 2 aliphatic rings. The molecule has 4 heterocycles. The van der Waals surface area contributed by atoms with Crippen LogP contribution < -0.4 is 4.90 Å². The van der Waals surface area contributed by atoms with E-state index in [9.17, 15) is 0 Å². The van der Waals surface area contributed by atoms with Gasteiger partial charge in [0, 0.05) is 43.7 Å². The summed E-state index contributed by atoms with van der Waals surface area (Å²) in [7, 11) is 2.03. The molecule has 6 heteroatoms. The third-order valence-corrected chi connectivity index (χ3v) is 6.41. The van der Waals surface area contributed by atoms with Crippen LogP contribution in [0.25, 0.3) is 16.6 Å². The summed E-state index contributed by atoms with van der Waals surface area (Å²) in [6, 6.07) is 12.9. The Morgan fingerprint density at radius 3 is 2.59 bits per heavy atom. The molecule has 1 saturated heterocycles. The summed E-state index contributed by atoms with van der Waals surface area (Å²) in [6.07, 6.45) is 6.19. The number of hydrogen-bond acceptors (Lipinski definition) is 5. The number of rotatable bonds is 4. The highest BCUT2D eigenvalue weighted by Crippen LogP contribution is 2.34. The van der Waals surface area contributed by atoms with Crippen molar-refractivity contribution in [1.29, 1.82) is 0 Å². The van der Waals surface area contributed by atoms with Crippen LogP contribution in [-0.4, -0.2) is 52.8 Å². The second-order valence-corrected chi connectivity index (χ2v) is 8.49. The summed E-state index contributed by atoms with van der Waals surface area (Å²) in [4.78, 5) is 14.1. The minimum absolute atomic E-state index is 0.112. The highest BCUT2D eigenvalue weighted by molar-refractivity contribution is 5.84. The lowest BCUT2D eigenvalue weighted by Gasteiger charge is -2.28. The summed E-state index contributed by atoms with van der Waals surface area (Å²) in [5.74, 6) is 1.92. The lowest BCUT2D eigenvalue weighted by molar-refractivity contribution is 0.122. The van der Waals surface area contributed by atoms with Crippen molar-refractivity contribution in [3.63, 3.8) is 0 Å². The molecule has 0 spiro atoms. The summed E-state index contributed by atoms with van der Waals surface area (Å²) in [6.45, 7) is 11.7. The van der Waals surface area contributed by atoms with Crippen molar-refractivity contribution in [2.75, 3.05) is 38.3 Å². The van der Waals surface area contributed by atoms with Crippen molar-refractivity contribution in [2.45, 2.75) is 19.9 Å². The Morgan fingerprint density at radius 2 is 1.88 bits per heavy atom. The van der Waals surface area contributed by atoms with E-state index in [2.05, 4.69) is 83.5 Å². The highest BCUT2D eigenvalue weighted by atomic mass is 16.5. The van der Waals surface area contributed by atoms with E-state index < -0.39 is 0 Å². The first-order valence-electron chi connectivity index (χ1n) is 11.1. The van der Waals surface area contributed by atoms with E-state index in [0.717, 1.165) is 65.8 Å². The smallest absolute Gasteiger partial charge is 0.143 e. The number of pyridine rings is 1. The van der Waals surface area contributed by atoms with Crippen LogP contribution in [0.5, 0.6) is 0 Å². The fraction of sp³-hybridized carbons (Fsp3) is 0.308. The number of benzene rings is 1. The Bertz CT molecular complexity index is 1220. The van der Waals surface area contributed by atoms with Gasteiger partial charge < -0.3 is 19.1 Å². The molecular formula is C26H29N5O. The van der Waals surface area contributed by atoms with Crippen LogP contribution in [0, 0.1) is 0 Å². The molecule has 0 bridgehead atoms. The van der Waals surface area contributed by atoms with Crippen LogP contribution in [0.4, 0.5) is 5.82 Å². The minimum Gasteiger partial charge on any atom is -0.378 e. The number of ether oxygens (including phenoxy) is 1. The van der Waals surface area contributed by atoms with Gasteiger partial charge in [-0.3, -0.25) is 0 Å². The summed E-state index contributed by atoms with van der Waals surface area (Å²) >= 11 is 0. The maximum absolute atomic E-state index is 5.53. The molecule has 3 aromatic rings. The fourth-order valence-corrected chi connectivity index (χ4v) is 4.47. The quantitative estimate of drug-likeness (QED) is 0.608. The molecule has 5 rings (SSSR count). The molecule has 1 aromatic carbocycles. The molecule has 164 valence electrons. The molecule has 1 atom stereocenters. The monoisotopic (exact) mass is 427 g/mol. The van der Waals surface area contributed by atoms with Crippen LogP contribution in [0.2, 0.25) is 0 Å². The Labute approximate surface area is 189 Å². The standard InChI is InChI=1S/C26H29N5O/c1-18-14-22(17-29(4)19(18)2)26-28-23-16-27-25(30-10-12-32-13-11-30)15-24(23)31(26)20(3)21-8-6-5-7-9-21/h5-9,14-17,20H,2,10-13H2,1,3-4H3/t20-/m1/s1. The Balaban J connectivity index is 1.69. The van der Waals surface area contributed by atoms with Crippen LogP contribution >= 0.6 is 0 Å². The molecule has 32 heavy (non-hydrogen) atoms. The topological polar surface area (TPSA) is 46.4 Å². The first-order chi connectivity index (χ1) is 15.5. The highest BCUT2D eigenvalue weighted by Gasteiger charge is 2.23. The molecule has 0 aliphatic carbocycles. The van der Waals surface area contributed by atoms with E-state index in [1.807, 2.05) is 13.2 Å². The summed E-state index contributed by atoms with van der Waals surface area (Å²) in [5.41, 5.74) is 6.45. The summed E-state index contributed by atoms with van der Waals surface area (Å²) in [5, 5.41) is 0. The van der Waals surface area contributed by atoms with Crippen LogP contribution in [0.1, 0.15) is 31.3 Å². The predicted octanol–water partition coefficient (Wildman–Crippen LogP) is 4.62. The number of likely N-dealkylation sites (N-methyl/N-ethyl adjacent to an activating group) is 1. The number of allylic oxidation sites excluding steroid dienone is 3. The SMILES string of the molecule is C=C1C(C)=CC(c2nc3cnc(N4CCOCC4)cc3n2[C@H](C)c2ccccc2)=CN1C. The van der Waals surface area contributed by atoms with E-state index in [-0.39, 0.29) is 6.04 Å². The zero-order chi connectivity index (χ0) is 22.2. The van der Waals surface area contributed by atoms with Crippen LogP contribution in [0.15, 0.2) is 72.7 Å². The number of hydrogen-bond donors (Lipinski definition) is 0. The Morgan fingerprint density at radius 1 is 1.12 bits per heavy atom. The number of morpholine rings is 1. The Kier molecular flexibility index (Phi) is 5.31. The van der Waals surface area contributed by atoms with Gasteiger partial charge in [0.2, 0.25) is 0 Å². The average molecular weight is 428 g/mol. The second-order valence-electron chi connectivity index (χ2n) is 8.49. The van der Waals surface area contributed by atoms with Gasteiger partial charge in [-0.25, -0.2) is 9.97 Å². The summed E-state index contributed by atoms with van der Waals surface area (Å²) < 4.78 is 7.87. The van der Waals surface area contributed by atoms with E-state index >= 15 is 0 Å². The van der Waals surface area contributed by atoms with E-state index in [1.165, 1.54) is 5.56 Å². The molecule has 0 amide bonds. The first-order valence-corrected chi connectivity index (χ1v) is 11.1. The maximum atomic E-state index is 5.53. The molecule has 6 nitrogen and oxygen atoms in total. The lowest BCUT2D eigenvalue weighted by atomic mass is 10.0. The number of nitrogens with zero attached hydrogens (tertiary/aromatic N) is 5. The van der Waals surface area contributed by atoms with Gasteiger partial charge in [0.05, 0.1) is 31.0 Å². The zero-order valence-corrected chi connectivity index (χ0v) is 19.0. The zero-order valence-electron chi connectivity index (χ0n) is 19.0. The van der Waals surface area contributed by atoms with Gasteiger partial charge in [0.15, 0.2) is 0 Å². The second kappa shape index (κ2) is 8.28. The average Bonchev–Trinajstić information content (AvgIpc) is 3.21. The van der Waals surface area contributed by atoms with Gasteiger partial charge in [-0.15, -0.1) is 0 Å². The molecule has 2 aliphatic heterocycles. The van der Waals surface area contributed by atoms with E-state index in [0.29, 0.717) is 0 Å². The molecule has 0 saturated carbocycles. The number of fused-ring (bicyclic) bond motifs is 1. The molecule has 0 unspecified atom stereocenters. The third kappa shape index (κ3) is 3.60. The number of anilines is 1. The Hall–Kier alpha value is -3.38. The molecule has 0 radical (unpaired) electrons. The van der Waals surface area contributed by atoms with Crippen molar-refractivity contribution in [2.24, 2.45) is 0 Å². The van der Waals surface area contributed by atoms with Crippen LogP contribution in [0.3, 0.4) is 0 Å². The number of aromatic nitrogens is 3. The molecule has 0 N–H and O–H groups in total. The van der Waals surface area contributed by atoms with Crippen molar-refractivity contribution >= 4 is 22.4 Å². The first kappa shape index (κ1) is 20.5. The van der Waals surface area contributed by atoms with Crippen molar-refractivity contribution < 1.29 is 4.74 Å².